The Balaban J connectivity index is 0.898. The fourth-order valence-electron chi connectivity index (χ4n) is 13.5. The number of hydrogen-bond acceptors (Lipinski definition) is 7. The van der Waals surface area contributed by atoms with E-state index in [9.17, 15) is 19.2 Å². The Kier molecular flexibility index (Phi) is 13.7. The van der Waals surface area contributed by atoms with Gasteiger partial charge in [-0.3, -0.25) is 10.6 Å². The quantitative estimate of drug-likeness (QED) is 0.0788. The minimum absolute atomic E-state index is 0.516. The van der Waals surface area contributed by atoms with E-state index in [4.69, 9.17) is 20.2 Å². The smallest absolute Gasteiger partial charge is 0.327 e. The van der Waals surface area contributed by atoms with Crippen molar-refractivity contribution in [3.05, 3.63) is 297 Å². The highest BCUT2D eigenvalue weighted by atomic mass is 32.1. The Morgan fingerprint density at radius 1 is 0.326 bits per heavy atom. The van der Waals surface area contributed by atoms with Gasteiger partial charge in [-0.2, -0.15) is 8.75 Å². The SMILES string of the molecule is Cc1ccc(C2(c3ccc(C)cc3)c3cc(-c4ccc(NC(=O)NC(N)=O)cc4)ccc3-c3ccc(-c4ccc(-c5ccc6c(c5)C(c5ccc(C)cc5)(c5ccc(C)cc5)c5cc(-c7ccc(NC(=O)NC(N)=O)cc7)ccc5-6)c5nsnc45)cc32)cc1. The zero-order valence-electron chi connectivity index (χ0n) is 49.0. The van der Waals surface area contributed by atoms with Crippen LogP contribution in [0.3, 0.4) is 0 Å². The number of aromatic nitrogens is 2. The van der Waals surface area contributed by atoms with E-state index in [-0.39, 0.29) is 0 Å². The Bertz CT molecular complexity index is 4450. The van der Waals surface area contributed by atoms with Crippen molar-refractivity contribution < 1.29 is 19.2 Å². The van der Waals surface area contributed by atoms with Crippen LogP contribution in [0.1, 0.15) is 66.8 Å². The van der Waals surface area contributed by atoms with E-state index < -0.39 is 35.0 Å². The maximum Gasteiger partial charge on any atom is 0.327 e. The maximum atomic E-state index is 12.4. The predicted molar refractivity (Wildman–Crippen MR) is 356 cm³/mol. The van der Waals surface area contributed by atoms with Crippen LogP contribution < -0.4 is 32.7 Å². The van der Waals surface area contributed by atoms with Gasteiger partial charge in [-0.25, -0.2) is 19.2 Å². The highest BCUT2D eigenvalue weighted by Gasteiger charge is 2.48. The standard InChI is InChI=1S/C76H58N8O4S/c1-43-5-21-53(22-6-43)75(54-23-7-44(2)8-24-54)65-39-49(47-13-29-57(30-14-47)79-73(87)81-71(77)85)17-33-61(65)63-35-19-51(41-67(63)75)59-37-38-60(70-69(59)83-89-84-70)52-20-36-64-62-34-18-50(48-15-31-58(32-16-48)80-74(88)82-72(78)86)40-66(62)76(68(64)42-52,55-25-9-45(3)10-26-55)56-27-11-46(4)12-28-56/h5-42H,1-4H3,(H4,77,79,81,85,87)(H4,78,80,82,86,88). The number of anilines is 2. The molecule has 0 atom stereocenters. The summed E-state index contributed by atoms with van der Waals surface area (Å²) in [6, 6.07) is 79.0. The van der Waals surface area contributed by atoms with Gasteiger partial charge in [-0.15, -0.1) is 0 Å². The average Bonchev–Trinajstić information content (AvgIpc) is 1.57. The molecule has 89 heavy (non-hydrogen) atoms. The maximum absolute atomic E-state index is 12.4. The molecule has 0 fully saturated rings. The van der Waals surface area contributed by atoms with Crippen LogP contribution in [-0.2, 0) is 10.8 Å². The Morgan fingerprint density at radius 3 is 0.876 bits per heavy atom. The second-order valence-corrected chi connectivity index (χ2v) is 23.7. The Hall–Kier alpha value is -11.3. The zero-order valence-corrected chi connectivity index (χ0v) is 49.8. The van der Waals surface area contributed by atoms with Gasteiger partial charge in [0.05, 0.1) is 22.6 Å². The molecule has 1 heterocycles. The lowest BCUT2D eigenvalue weighted by Gasteiger charge is -2.34. The first kappa shape index (κ1) is 55.6. The molecule has 0 spiro atoms. The summed E-state index contributed by atoms with van der Waals surface area (Å²) in [5, 5.41) is 9.47. The molecule has 2 aliphatic rings. The van der Waals surface area contributed by atoms with Crippen molar-refractivity contribution >= 4 is 58.3 Å². The van der Waals surface area contributed by atoms with Crippen molar-refractivity contribution in [3.63, 3.8) is 0 Å². The third kappa shape index (κ3) is 9.56. The van der Waals surface area contributed by atoms with E-state index >= 15 is 0 Å². The molecular formula is C76H58N8O4S. The van der Waals surface area contributed by atoms with Crippen LogP contribution in [0.4, 0.5) is 30.6 Å². The molecule has 13 heteroatoms. The Labute approximate surface area is 518 Å². The van der Waals surface area contributed by atoms with Gasteiger partial charge in [0.15, 0.2) is 0 Å². The van der Waals surface area contributed by atoms with Crippen LogP contribution in [0.5, 0.6) is 0 Å². The number of imide groups is 2. The molecule has 0 saturated heterocycles. The van der Waals surface area contributed by atoms with Crippen LogP contribution in [-0.4, -0.2) is 32.9 Å². The second kappa shape index (κ2) is 21.9. The van der Waals surface area contributed by atoms with Crippen molar-refractivity contribution in [2.75, 3.05) is 10.6 Å². The normalized spacial score (nSPS) is 12.9. The van der Waals surface area contributed by atoms with E-state index in [0.29, 0.717) is 11.4 Å². The van der Waals surface area contributed by atoms with Gasteiger partial charge in [0.25, 0.3) is 0 Å². The molecule has 12 nitrogen and oxygen atoms in total. The number of fused-ring (bicyclic) bond motifs is 7. The molecular weight excluding hydrogens is 1120 g/mol. The molecule has 12 aromatic rings. The Morgan fingerprint density at radius 2 is 0.584 bits per heavy atom. The summed E-state index contributed by atoms with van der Waals surface area (Å²) >= 11 is 1.22. The first-order chi connectivity index (χ1) is 43.1. The minimum atomic E-state index is -0.935. The average molecular weight is 1180 g/mol. The lowest BCUT2D eigenvalue weighted by Crippen LogP contribution is -2.38. The van der Waals surface area contributed by atoms with Gasteiger partial charge in [0, 0.05) is 22.5 Å². The summed E-state index contributed by atoms with van der Waals surface area (Å²) in [6.07, 6.45) is 0. The molecule has 1 aromatic heterocycles. The van der Waals surface area contributed by atoms with Crippen LogP contribution in [0.15, 0.2) is 231 Å². The molecule has 2 aliphatic carbocycles. The zero-order chi connectivity index (χ0) is 61.3. The predicted octanol–water partition coefficient (Wildman–Crippen LogP) is 16.7. The lowest BCUT2D eigenvalue weighted by molar-refractivity contribution is 0.236. The second-order valence-electron chi connectivity index (χ2n) is 23.2. The number of carbonyl (C=O) groups excluding carboxylic acids is 4. The number of aryl methyl sites for hydroxylation is 4. The molecule has 0 radical (unpaired) electrons. The summed E-state index contributed by atoms with van der Waals surface area (Å²) in [5.41, 5.74) is 37.8. The summed E-state index contributed by atoms with van der Waals surface area (Å²) in [5.74, 6) is 0. The highest BCUT2D eigenvalue weighted by molar-refractivity contribution is 7.00. The fourth-order valence-corrected chi connectivity index (χ4v) is 14.1. The molecule has 0 aliphatic heterocycles. The number of primary amides is 2. The van der Waals surface area contributed by atoms with Crippen molar-refractivity contribution in [2.45, 2.75) is 38.5 Å². The minimum Gasteiger partial charge on any atom is -0.351 e. The number of urea groups is 4. The summed E-state index contributed by atoms with van der Waals surface area (Å²) in [4.78, 5) is 47.4. The van der Waals surface area contributed by atoms with Gasteiger partial charge in [0.2, 0.25) is 0 Å². The monoisotopic (exact) mass is 1180 g/mol. The van der Waals surface area contributed by atoms with E-state index in [0.717, 1.165) is 145 Å². The number of amides is 8. The number of nitrogens with zero attached hydrogens (tertiary/aromatic N) is 2. The van der Waals surface area contributed by atoms with Crippen molar-refractivity contribution in [1.29, 1.82) is 0 Å². The molecule has 0 bridgehead atoms. The topological polar surface area (TPSA) is 194 Å². The number of nitrogens with two attached hydrogens (primary N) is 2. The summed E-state index contributed by atoms with van der Waals surface area (Å²) < 4.78 is 10.2. The molecule has 11 aromatic carbocycles. The van der Waals surface area contributed by atoms with Crippen molar-refractivity contribution in [2.24, 2.45) is 11.5 Å². The largest absolute Gasteiger partial charge is 0.351 e. The number of carbonyl (C=O) groups is 4. The molecule has 8 N–H and O–H groups in total. The van der Waals surface area contributed by atoms with Gasteiger partial charge < -0.3 is 22.1 Å². The number of rotatable bonds is 10. The van der Waals surface area contributed by atoms with Gasteiger partial charge in [-0.05, 0) is 176 Å². The van der Waals surface area contributed by atoms with Crippen LogP contribution in [0.25, 0.3) is 77.8 Å². The van der Waals surface area contributed by atoms with E-state index in [1.54, 1.807) is 0 Å². The third-order valence-corrected chi connectivity index (χ3v) is 18.2. The first-order valence-electron chi connectivity index (χ1n) is 29.2. The van der Waals surface area contributed by atoms with E-state index in [2.05, 4.69) is 231 Å². The molecule has 8 amide bonds. The number of benzene rings is 11. The van der Waals surface area contributed by atoms with Crippen LogP contribution >= 0.6 is 11.7 Å². The van der Waals surface area contributed by atoms with Gasteiger partial charge >= 0.3 is 24.1 Å². The van der Waals surface area contributed by atoms with Crippen LogP contribution in [0, 0.1) is 27.7 Å². The fraction of sp³-hybridized carbons (Fsp3) is 0.0789. The number of nitrogens with one attached hydrogen (secondary N) is 4. The van der Waals surface area contributed by atoms with E-state index in [1.807, 2.05) is 48.5 Å². The molecule has 432 valence electrons. The van der Waals surface area contributed by atoms with Crippen molar-refractivity contribution in [1.82, 2.24) is 19.4 Å². The van der Waals surface area contributed by atoms with Gasteiger partial charge in [0.1, 0.15) is 11.0 Å². The molecule has 0 saturated carbocycles. The van der Waals surface area contributed by atoms with Gasteiger partial charge in [-0.1, -0.05) is 204 Å². The molecule has 14 rings (SSSR count). The third-order valence-electron chi connectivity index (χ3n) is 17.7. The molecule has 0 unspecified atom stereocenters. The van der Waals surface area contributed by atoms with Crippen LogP contribution in [0.2, 0.25) is 0 Å². The first-order valence-corrected chi connectivity index (χ1v) is 30.0. The number of hydrogen-bond donors (Lipinski definition) is 6. The van der Waals surface area contributed by atoms with Crippen molar-refractivity contribution in [3.8, 4) is 66.8 Å². The van der Waals surface area contributed by atoms with E-state index in [1.165, 1.54) is 11.7 Å². The highest BCUT2D eigenvalue weighted by Crippen LogP contribution is 2.60. The summed E-state index contributed by atoms with van der Waals surface area (Å²) in [7, 11) is 0. The summed E-state index contributed by atoms with van der Waals surface area (Å²) in [6.45, 7) is 8.48. The lowest BCUT2D eigenvalue weighted by atomic mass is 9.67.